The number of amides is 1. The van der Waals surface area contributed by atoms with E-state index in [1.807, 2.05) is 6.92 Å². The summed E-state index contributed by atoms with van der Waals surface area (Å²) in [6, 6.07) is 17.8. The molecule has 3 aromatic carbocycles. The van der Waals surface area contributed by atoms with Gasteiger partial charge in [-0.2, -0.15) is 21.9 Å². The molecule has 0 aliphatic carbocycles. The maximum absolute atomic E-state index is 12.7. The molecule has 1 amide bonds. The molecule has 0 bridgehead atoms. The molecule has 0 saturated heterocycles. The number of carbonyl (C=O) groups is 1. The topological polar surface area (TPSA) is 131 Å². The van der Waals surface area contributed by atoms with Crippen LogP contribution in [0.5, 0.6) is 5.75 Å². The van der Waals surface area contributed by atoms with Crippen LogP contribution >= 0.6 is 0 Å². The lowest BCUT2D eigenvalue weighted by molar-refractivity contribution is -0.114. The molecule has 0 aliphatic rings. The van der Waals surface area contributed by atoms with Crippen LogP contribution in [0.25, 0.3) is 0 Å². The van der Waals surface area contributed by atoms with E-state index in [0.29, 0.717) is 5.69 Å². The van der Waals surface area contributed by atoms with Crippen LogP contribution in [0.4, 0.5) is 5.69 Å². The normalized spacial score (nSPS) is 11.8. The molecule has 0 aromatic heterocycles. The second-order valence-electron chi connectivity index (χ2n) is 6.95. The maximum atomic E-state index is 12.7. The fraction of sp³-hybridized carbons (Fsp3) is 0.0909. The Morgan fingerprint density at radius 1 is 0.879 bits per heavy atom. The smallest absolute Gasteiger partial charge is 0.339 e. The molecule has 0 aliphatic heterocycles. The number of nitrogens with one attached hydrogen (secondary N) is 2. The van der Waals surface area contributed by atoms with Crippen LogP contribution in [-0.4, -0.2) is 29.0 Å². The maximum Gasteiger partial charge on any atom is 0.339 e. The molecule has 0 unspecified atom stereocenters. The van der Waals surface area contributed by atoms with E-state index in [0.717, 1.165) is 11.8 Å². The molecule has 0 fully saturated rings. The lowest BCUT2D eigenvalue weighted by Crippen LogP contribution is -2.18. The summed E-state index contributed by atoms with van der Waals surface area (Å²) in [4.78, 5) is 13.1. The number of hydrogen-bond donors (Lipinski definition) is 2. The Balaban J connectivity index is 1.77. The minimum atomic E-state index is -4.19. The third-order valence-corrected chi connectivity index (χ3v) is 6.78. The van der Waals surface area contributed by atoms with Gasteiger partial charge in [0.25, 0.3) is 10.0 Å². The predicted octanol–water partition coefficient (Wildman–Crippen LogP) is 3.03. The van der Waals surface area contributed by atoms with Crippen molar-refractivity contribution in [3.63, 3.8) is 0 Å². The second kappa shape index (κ2) is 9.84. The van der Waals surface area contributed by atoms with Crippen molar-refractivity contribution in [1.82, 2.24) is 4.83 Å². The van der Waals surface area contributed by atoms with E-state index in [2.05, 4.69) is 15.2 Å². The van der Waals surface area contributed by atoms with Crippen molar-refractivity contribution in [2.75, 3.05) is 5.32 Å². The fourth-order valence-corrected chi connectivity index (χ4v) is 4.42. The highest BCUT2D eigenvalue weighted by Crippen LogP contribution is 2.23. The summed E-state index contributed by atoms with van der Waals surface area (Å²) in [5.41, 5.74) is 1.59. The Hall–Kier alpha value is -3.70. The highest BCUT2D eigenvalue weighted by atomic mass is 32.2. The number of anilines is 1. The van der Waals surface area contributed by atoms with Gasteiger partial charge in [0.1, 0.15) is 4.90 Å². The van der Waals surface area contributed by atoms with Gasteiger partial charge < -0.3 is 9.50 Å². The van der Waals surface area contributed by atoms with Gasteiger partial charge in [0, 0.05) is 18.2 Å². The zero-order valence-electron chi connectivity index (χ0n) is 17.7. The molecule has 3 rings (SSSR count). The zero-order valence-corrected chi connectivity index (χ0v) is 19.4. The Kier molecular flexibility index (Phi) is 7.14. The molecule has 172 valence electrons. The van der Waals surface area contributed by atoms with E-state index >= 15 is 0 Å². The summed E-state index contributed by atoms with van der Waals surface area (Å²) in [5, 5.41) is 6.28. The summed E-state index contributed by atoms with van der Waals surface area (Å²) >= 11 is 0. The number of nitrogens with zero attached hydrogens (tertiary/aromatic N) is 1. The average molecular weight is 488 g/mol. The first-order valence-electron chi connectivity index (χ1n) is 9.59. The summed E-state index contributed by atoms with van der Waals surface area (Å²) in [7, 11) is -8.08. The van der Waals surface area contributed by atoms with Gasteiger partial charge in [-0.15, -0.1) is 0 Å². The van der Waals surface area contributed by atoms with E-state index in [1.165, 1.54) is 55.5 Å². The average Bonchev–Trinajstić information content (AvgIpc) is 2.75. The van der Waals surface area contributed by atoms with Crippen LogP contribution in [0.3, 0.4) is 0 Å². The standard InChI is InChI=1S/C22H21N3O6S2/c1-16-7-11-20(12-8-16)32(27,28)25-23-15-18-5-3-4-6-22(18)31-33(29,30)21-13-9-19(10-14-21)24-17(2)26/h3-15,25H,1-2H3,(H,24,26)/b23-15-. The summed E-state index contributed by atoms with van der Waals surface area (Å²) in [6.07, 6.45) is 1.15. The Morgan fingerprint density at radius 2 is 1.48 bits per heavy atom. The van der Waals surface area contributed by atoms with E-state index in [1.54, 1.807) is 24.3 Å². The number of aryl methyl sites for hydroxylation is 1. The molecule has 0 saturated carbocycles. The van der Waals surface area contributed by atoms with Crippen molar-refractivity contribution in [1.29, 1.82) is 0 Å². The van der Waals surface area contributed by atoms with E-state index < -0.39 is 20.1 Å². The van der Waals surface area contributed by atoms with Gasteiger partial charge in [0.2, 0.25) is 5.91 Å². The van der Waals surface area contributed by atoms with Crippen molar-refractivity contribution in [2.24, 2.45) is 5.10 Å². The number of hydrogen-bond acceptors (Lipinski definition) is 7. The number of benzene rings is 3. The van der Waals surface area contributed by atoms with Crippen LogP contribution in [0, 0.1) is 6.92 Å². The molecule has 9 nitrogen and oxygen atoms in total. The second-order valence-corrected chi connectivity index (χ2v) is 10.2. The van der Waals surface area contributed by atoms with Crippen LogP contribution in [0.2, 0.25) is 0 Å². The predicted molar refractivity (Wildman–Crippen MR) is 124 cm³/mol. The molecule has 2 N–H and O–H groups in total. The SMILES string of the molecule is CC(=O)Nc1ccc(S(=O)(=O)Oc2ccccc2/C=N\NS(=O)(=O)c2ccc(C)cc2)cc1. The van der Waals surface area contributed by atoms with Gasteiger partial charge in [0.15, 0.2) is 5.75 Å². The first-order valence-corrected chi connectivity index (χ1v) is 12.5. The summed E-state index contributed by atoms with van der Waals surface area (Å²) in [6.45, 7) is 3.18. The highest BCUT2D eigenvalue weighted by Gasteiger charge is 2.18. The minimum Gasteiger partial charge on any atom is -0.378 e. The third-order valence-electron chi connectivity index (χ3n) is 4.29. The molecular weight excluding hydrogens is 466 g/mol. The Morgan fingerprint density at radius 3 is 2.12 bits per heavy atom. The number of sulfonamides is 1. The Bertz CT molecular complexity index is 1380. The van der Waals surface area contributed by atoms with Crippen molar-refractivity contribution >= 4 is 38.0 Å². The first kappa shape index (κ1) is 24.0. The number of hydrazone groups is 1. The highest BCUT2D eigenvalue weighted by molar-refractivity contribution is 7.89. The lowest BCUT2D eigenvalue weighted by Gasteiger charge is -2.10. The molecule has 0 heterocycles. The molecule has 33 heavy (non-hydrogen) atoms. The van der Waals surface area contributed by atoms with Crippen LogP contribution in [0.1, 0.15) is 18.1 Å². The van der Waals surface area contributed by atoms with Crippen molar-refractivity contribution < 1.29 is 25.8 Å². The molecule has 3 aromatic rings. The minimum absolute atomic E-state index is 0.0401. The quantitative estimate of drug-likeness (QED) is 0.285. The zero-order chi connectivity index (χ0) is 24.1. The first-order chi connectivity index (χ1) is 15.6. The number of para-hydroxylation sites is 1. The fourth-order valence-electron chi connectivity index (χ4n) is 2.67. The van der Waals surface area contributed by atoms with Gasteiger partial charge in [0.05, 0.1) is 11.1 Å². The van der Waals surface area contributed by atoms with Gasteiger partial charge >= 0.3 is 10.1 Å². The van der Waals surface area contributed by atoms with Crippen molar-refractivity contribution in [3.8, 4) is 5.75 Å². The van der Waals surface area contributed by atoms with Crippen LogP contribution < -0.4 is 14.3 Å². The lowest BCUT2D eigenvalue weighted by atomic mass is 10.2. The Labute approximate surface area is 192 Å². The van der Waals surface area contributed by atoms with Crippen LogP contribution in [0.15, 0.2) is 87.7 Å². The van der Waals surface area contributed by atoms with Gasteiger partial charge in [-0.25, -0.2) is 4.83 Å². The number of rotatable bonds is 8. The van der Waals surface area contributed by atoms with Crippen molar-refractivity contribution in [2.45, 2.75) is 23.6 Å². The van der Waals surface area contributed by atoms with Gasteiger partial charge in [-0.3, -0.25) is 4.79 Å². The molecule has 0 atom stereocenters. The number of carbonyl (C=O) groups excluding carboxylic acids is 1. The largest absolute Gasteiger partial charge is 0.378 e. The molecule has 0 spiro atoms. The van der Waals surface area contributed by atoms with Crippen LogP contribution in [-0.2, 0) is 24.9 Å². The van der Waals surface area contributed by atoms with Gasteiger partial charge in [-0.1, -0.05) is 29.8 Å². The van der Waals surface area contributed by atoms with E-state index in [4.69, 9.17) is 4.18 Å². The summed E-state index contributed by atoms with van der Waals surface area (Å²) < 4.78 is 55.3. The molecular formula is C22H21N3O6S2. The van der Waals surface area contributed by atoms with Crippen molar-refractivity contribution in [3.05, 3.63) is 83.9 Å². The molecule has 11 heteroatoms. The van der Waals surface area contributed by atoms with E-state index in [-0.39, 0.29) is 27.0 Å². The molecule has 0 radical (unpaired) electrons. The summed E-state index contributed by atoms with van der Waals surface area (Å²) in [5.74, 6) is -0.324. The van der Waals surface area contributed by atoms with E-state index in [9.17, 15) is 21.6 Å². The third kappa shape index (κ3) is 6.40. The van der Waals surface area contributed by atoms with Gasteiger partial charge in [-0.05, 0) is 55.5 Å². The monoisotopic (exact) mass is 487 g/mol.